The summed E-state index contributed by atoms with van der Waals surface area (Å²) in [5, 5.41) is 12.0. The topological polar surface area (TPSA) is 103 Å². The summed E-state index contributed by atoms with van der Waals surface area (Å²) in [5.74, 6) is 0.0643. The molecule has 1 saturated heterocycles. The number of benzene rings is 3. The summed E-state index contributed by atoms with van der Waals surface area (Å²) in [6.45, 7) is 6.76. The van der Waals surface area contributed by atoms with Crippen LogP contribution in [0.2, 0.25) is 0 Å². The third-order valence-electron chi connectivity index (χ3n) is 8.44. The van der Waals surface area contributed by atoms with Crippen molar-refractivity contribution in [3.8, 4) is 0 Å². The van der Waals surface area contributed by atoms with E-state index in [1.807, 2.05) is 0 Å². The molecule has 0 atom stereocenters. The molecule has 0 saturated carbocycles. The number of amides is 3. The fourth-order valence-electron chi connectivity index (χ4n) is 5.96. The third-order valence-corrected chi connectivity index (χ3v) is 8.44. The summed E-state index contributed by atoms with van der Waals surface area (Å²) in [6.07, 6.45) is 7.44. The first-order valence-corrected chi connectivity index (χ1v) is 16.5. The van der Waals surface area contributed by atoms with Crippen LogP contribution in [0.15, 0.2) is 78.9 Å². The zero-order valence-corrected chi connectivity index (χ0v) is 26.8. The van der Waals surface area contributed by atoms with Crippen LogP contribution in [0, 0.1) is 5.92 Å². The summed E-state index contributed by atoms with van der Waals surface area (Å²) in [4.78, 5) is 40.5. The van der Waals surface area contributed by atoms with Crippen LogP contribution in [0.5, 0.6) is 0 Å². The van der Waals surface area contributed by atoms with Crippen molar-refractivity contribution in [3.63, 3.8) is 0 Å². The van der Waals surface area contributed by atoms with E-state index in [0.29, 0.717) is 35.9 Å². The zero-order valence-electron chi connectivity index (χ0n) is 26.8. The van der Waals surface area contributed by atoms with E-state index in [9.17, 15) is 14.4 Å². The Labute approximate surface area is 268 Å². The van der Waals surface area contributed by atoms with Gasteiger partial charge in [0.05, 0.1) is 29.5 Å². The van der Waals surface area contributed by atoms with Gasteiger partial charge in [-0.25, -0.2) is 4.79 Å². The number of para-hydroxylation sites is 1. The first-order chi connectivity index (χ1) is 22.0. The number of anilines is 2. The number of carbonyl (C=O) groups is 3. The molecule has 8 heteroatoms. The Balaban J connectivity index is 1.36. The molecule has 240 valence electrons. The Morgan fingerprint density at radius 1 is 0.800 bits per heavy atom. The molecule has 0 spiro atoms. The van der Waals surface area contributed by atoms with Gasteiger partial charge in [-0.05, 0) is 68.5 Å². The molecule has 0 radical (unpaired) electrons. The molecule has 0 aromatic heterocycles. The molecule has 4 rings (SSSR count). The zero-order chi connectivity index (χ0) is 31.9. The number of likely N-dealkylation sites (tertiary alicyclic amines) is 1. The smallest absolute Gasteiger partial charge is 0.319 e. The number of unbranched alkanes of at least 4 members (excludes halogenated alkanes) is 4. The Bertz CT molecular complexity index is 1320. The number of Topliss-reactive ketones (excluding diaryl/α,β-unsaturated/α-hetero) is 1. The predicted octanol–water partition coefficient (Wildman–Crippen LogP) is 7.01. The molecule has 8 nitrogen and oxygen atoms in total. The minimum atomic E-state index is -0.365. The molecule has 3 aromatic rings. The third kappa shape index (κ3) is 10.5. The van der Waals surface area contributed by atoms with Gasteiger partial charge in [-0.2, -0.15) is 0 Å². The molecular weight excluding hydrogens is 562 g/mol. The lowest BCUT2D eigenvalue weighted by Crippen LogP contribution is -2.41. The van der Waals surface area contributed by atoms with Crippen LogP contribution < -0.4 is 21.3 Å². The number of ketones is 1. The van der Waals surface area contributed by atoms with Gasteiger partial charge >= 0.3 is 6.03 Å². The van der Waals surface area contributed by atoms with Gasteiger partial charge in [0.25, 0.3) is 5.91 Å². The number of piperidine rings is 1. The highest BCUT2D eigenvalue weighted by molar-refractivity contribution is 6.07. The van der Waals surface area contributed by atoms with Gasteiger partial charge in [0, 0.05) is 13.1 Å². The second-order valence-electron chi connectivity index (χ2n) is 12.0. The van der Waals surface area contributed by atoms with Gasteiger partial charge in [-0.1, -0.05) is 99.3 Å². The largest absolute Gasteiger partial charge is 0.376 e. The van der Waals surface area contributed by atoms with Crippen molar-refractivity contribution in [1.82, 2.24) is 15.5 Å². The molecule has 3 amide bonds. The molecule has 1 heterocycles. The van der Waals surface area contributed by atoms with E-state index >= 15 is 0 Å². The van der Waals surface area contributed by atoms with Crippen LogP contribution in [0.1, 0.15) is 86.3 Å². The van der Waals surface area contributed by atoms with E-state index in [4.69, 9.17) is 0 Å². The molecule has 4 N–H and O–H groups in total. The highest BCUT2D eigenvalue weighted by Gasteiger charge is 2.28. The fraction of sp³-hybridized carbons (Fsp3) is 0.432. The maximum absolute atomic E-state index is 13.5. The Morgan fingerprint density at radius 2 is 1.44 bits per heavy atom. The van der Waals surface area contributed by atoms with E-state index in [2.05, 4.69) is 93.8 Å². The molecule has 1 fully saturated rings. The van der Waals surface area contributed by atoms with Crippen LogP contribution in [0.25, 0.3) is 0 Å². The second-order valence-corrected chi connectivity index (χ2v) is 12.0. The van der Waals surface area contributed by atoms with Crippen molar-refractivity contribution in [2.24, 2.45) is 5.92 Å². The minimum absolute atomic E-state index is 0.0413. The lowest BCUT2D eigenvalue weighted by molar-refractivity contribution is -0.115. The first kappa shape index (κ1) is 33.7. The average molecular weight is 612 g/mol. The Hall–Kier alpha value is -4.17. The maximum Gasteiger partial charge on any atom is 0.319 e. The van der Waals surface area contributed by atoms with Crippen LogP contribution >= 0.6 is 0 Å². The number of nitrogens with one attached hydrogen (secondary N) is 4. The van der Waals surface area contributed by atoms with Gasteiger partial charge in [0.15, 0.2) is 0 Å². The SMILES string of the molecule is CCCCCCCNC(=O)Nc1c(NCC(C)=O)cccc1C(=O)NCC1CCN(C(c2ccccc2)c2ccccc2)CC1. The van der Waals surface area contributed by atoms with Crippen LogP contribution in [0.3, 0.4) is 0 Å². The molecule has 0 bridgehead atoms. The van der Waals surface area contributed by atoms with Gasteiger partial charge in [0.2, 0.25) is 0 Å². The molecule has 3 aromatic carbocycles. The lowest BCUT2D eigenvalue weighted by Gasteiger charge is -2.38. The number of carbonyl (C=O) groups excluding carboxylic acids is 3. The van der Waals surface area contributed by atoms with E-state index < -0.39 is 0 Å². The molecule has 1 aliphatic heterocycles. The van der Waals surface area contributed by atoms with Crippen molar-refractivity contribution in [2.45, 2.75) is 64.8 Å². The van der Waals surface area contributed by atoms with Gasteiger partial charge in [-0.3, -0.25) is 14.5 Å². The number of nitrogens with zero attached hydrogens (tertiary/aromatic N) is 1. The standard InChI is InChI=1S/C37H49N5O3/c1-3-4-5-6-13-23-38-37(45)41-34-32(19-14-20-33(34)39-26-28(2)43)36(44)40-27-29-21-24-42(25-22-29)35(30-15-9-7-10-16-30)31-17-11-8-12-18-31/h7-12,14-20,29,35,39H,3-6,13,21-27H2,1-2H3,(H,40,44)(H2,38,41,45). The van der Waals surface area contributed by atoms with Gasteiger partial charge in [0.1, 0.15) is 5.78 Å². The van der Waals surface area contributed by atoms with Crippen molar-refractivity contribution < 1.29 is 14.4 Å². The number of hydrogen-bond donors (Lipinski definition) is 4. The van der Waals surface area contributed by atoms with Crippen molar-refractivity contribution >= 4 is 29.1 Å². The quantitative estimate of drug-likeness (QED) is 0.131. The molecule has 45 heavy (non-hydrogen) atoms. The molecule has 0 unspecified atom stereocenters. The molecule has 1 aliphatic rings. The van der Waals surface area contributed by atoms with Crippen molar-refractivity contribution in [2.75, 3.05) is 43.4 Å². The fourth-order valence-corrected chi connectivity index (χ4v) is 5.96. The molecular formula is C37H49N5O3. The number of rotatable bonds is 16. The van der Waals surface area contributed by atoms with E-state index in [1.165, 1.54) is 30.9 Å². The van der Waals surface area contributed by atoms with Gasteiger partial charge < -0.3 is 21.3 Å². The first-order valence-electron chi connectivity index (χ1n) is 16.5. The Kier molecular flexibility index (Phi) is 13.5. The summed E-state index contributed by atoms with van der Waals surface area (Å²) < 4.78 is 0. The van der Waals surface area contributed by atoms with E-state index in [-0.39, 0.29) is 30.3 Å². The predicted molar refractivity (Wildman–Crippen MR) is 183 cm³/mol. The number of hydrogen-bond acceptors (Lipinski definition) is 5. The van der Waals surface area contributed by atoms with E-state index in [0.717, 1.165) is 45.2 Å². The van der Waals surface area contributed by atoms with Crippen LogP contribution in [-0.4, -0.2) is 55.3 Å². The Morgan fingerprint density at radius 3 is 2.07 bits per heavy atom. The van der Waals surface area contributed by atoms with Crippen LogP contribution in [-0.2, 0) is 4.79 Å². The van der Waals surface area contributed by atoms with Gasteiger partial charge in [-0.15, -0.1) is 0 Å². The lowest BCUT2D eigenvalue weighted by atomic mass is 9.91. The average Bonchev–Trinajstić information content (AvgIpc) is 3.06. The summed E-state index contributed by atoms with van der Waals surface area (Å²) in [5.41, 5.74) is 3.86. The van der Waals surface area contributed by atoms with Crippen molar-refractivity contribution in [3.05, 3.63) is 95.6 Å². The summed E-state index contributed by atoms with van der Waals surface area (Å²) in [7, 11) is 0. The highest BCUT2D eigenvalue weighted by atomic mass is 16.2. The summed E-state index contributed by atoms with van der Waals surface area (Å²) in [6, 6.07) is 26.4. The second kappa shape index (κ2) is 18.0. The highest BCUT2D eigenvalue weighted by Crippen LogP contribution is 2.32. The molecule has 0 aliphatic carbocycles. The maximum atomic E-state index is 13.5. The van der Waals surface area contributed by atoms with Crippen LogP contribution in [0.4, 0.5) is 16.2 Å². The van der Waals surface area contributed by atoms with Crippen molar-refractivity contribution in [1.29, 1.82) is 0 Å². The summed E-state index contributed by atoms with van der Waals surface area (Å²) >= 11 is 0. The normalized spacial score (nSPS) is 13.8. The number of urea groups is 1. The van der Waals surface area contributed by atoms with E-state index in [1.54, 1.807) is 18.2 Å². The monoisotopic (exact) mass is 611 g/mol. The minimum Gasteiger partial charge on any atom is -0.376 e.